The maximum atomic E-state index is 12.3. The number of Topliss-reactive ketones (excluding diaryl/α,β-unsaturated/α-hetero) is 1. The lowest BCUT2D eigenvalue weighted by Crippen LogP contribution is -2.43. The Hall–Kier alpha value is -1.69. The molecule has 2 rings (SSSR count). The number of carbonyl (C=O) groups is 3. The van der Waals surface area contributed by atoms with Crippen molar-refractivity contribution in [2.24, 2.45) is 5.92 Å². The Balaban J connectivity index is 1.74. The second-order valence-electron chi connectivity index (χ2n) is 6.38. The molecule has 0 radical (unpaired) electrons. The Morgan fingerprint density at radius 1 is 1.12 bits per heavy atom. The molecule has 0 atom stereocenters. The van der Waals surface area contributed by atoms with E-state index in [1.165, 1.54) is 0 Å². The van der Waals surface area contributed by atoms with Crippen molar-refractivity contribution < 1.29 is 14.4 Å². The smallest absolute Gasteiger partial charge is 0.223 e. The summed E-state index contributed by atoms with van der Waals surface area (Å²) in [4.78, 5) is 38.2. The van der Waals surface area contributed by atoms with Crippen LogP contribution in [0.15, 0.2) is 28.7 Å². The number of carbonyl (C=O) groups excluding carboxylic acids is 3. The topological polar surface area (TPSA) is 66.5 Å². The summed E-state index contributed by atoms with van der Waals surface area (Å²) in [6, 6.07) is 7.17. The lowest BCUT2D eigenvalue weighted by atomic mass is 9.95. The van der Waals surface area contributed by atoms with Crippen molar-refractivity contribution in [2.75, 3.05) is 19.6 Å². The second kappa shape index (κ2) is 9.70. The lowest BCUT2D eigenvalue weighted by molar-refractivity contribution is -0.135. The van der Waals surface area contributed by atoms with Gasteiger partial charge in [-0.15, -0.1) is 0 Å². The quantitative estimate of drug-likeness (QED) is 0.704. The molecule has 1 saturated heterocycles. The van der Waals surface area contributed by atoms with E-state index >= 15 is 0 Å². The van der Waals surface area contributed by atoms with Gasteiger partial charge in [0.2, 0.25) is 11.8 Å². The highest BCUT2D eigenvalue weighted by atomic mass is 79.9. The van der Waals surface area contributed by atoms with Crippen molar-refractivity contribution >= 4 is 33.5 Å². The van der Waals surface area contributed by atoms with E-state index in [9.17, 15) is 14.4 Å². The van der Waals surface area contributed by atoms with Crippen LogP contribution in [-0.2, 0) is 9.59 Å². The van der Waals surface area contributed by atoms with Gasteiger partial charge in [-0.05, 0) is 31.4 Å². The third-order valence-corrected chi connectivity index (χ3v) is 5.03. The Bertz CT molecular complexity index is 608. The van der Waals surface area contributed by atoms with E-state index in [0.29, 0.717) is 38.0 Å². The molecule has 136 valence electrons. The molecule has 1 aromatic carbocycles. The number of benzene rings is 1. The maximum Gasteiger partial charge on any atom is 0.223 e. The first kappa shape index (κ1) is 19.6. The van der Waals surface area contributed by atoms with Gasteiger partial charge in [0.1, 0.15) is 0 Å². The van der Waals surface area contributed by atoms with Gasteiger partial charge >= 0.3 is 0 Å². The zero-order valence-electron chi connectivity index (χ0n) is 14.6. The molecule has 0 unspecified atom stereocenters. The van der Waals surface area contributed by atoms with Gasteiger partial charge in [0.15, 0.2) is 5.78 Å². The molecule has 6 heteroatoms. The van der Waals surface area contributed by atoms with E-state index in [1.807, 2.05) is 19.1 Å². The summed E-state index contributed by atoms with van der Waals surface area (Å²) in [7, 11) is 0. The Morgan fingerprint density at radius 3 is 2.36 bits per heavy atom. The summed E-state index contributed by atoms with van der Waals surface area (Å²) < 4.78 is 0.922. The third kappa shape index (κ3) is 5.96. The first-order valence-corrected chi connectivity index (χ1v) is 9.64. The highest BCUT2D eigenvalue weighted by Crippen LogP contribution is 2.19. The van der Waals surface area contributed by atoms with E-state index in [2.05, 4.69) is 21.2 Å². The molecule has 1 aromatic rings. The molecule has 0 saturated carbocycles. The number of hydrogen-bond acceptors (Lipinski definition) is 3. The molecular weight excluding hydrogens is 384 g/mol. The molecular formula is C19H25BrN2O3. The fourth-order valence-electron chi connectivity index (χ4n) is 2.94. The van der Waals surface area contributed by atoms with Crippen LogP contribution in [0.2, 0.25) is 0 Å². The standard InChI is InChI=1S/C19H25BrN2O3/c1-2-11-21-19(25)15-9-12-22(13-10-15)18(24)8-7-17(23)14-3-5-16(20)6-4-14/h3-6,15H,2,7-13H2,1H3,(H,21,25). The SMILES string of the molecule is CCCNC(=O)C1CCN(C(=O)CCC(=O)c2ccc(Br)cc2)CC1. The predicted molar refractivity (Wildman–Crippen MR) is 100 cm³/mol. The molecule has 0 aromatic heterocycles. The summed E-state index contributed by atoms with van der Waals surface area (Å²) in [6.07, 6.45) is 2.76. The Morgan fingerprint density at radius 2 is 1.76 bits per heavy atom. The van der Waals surface area contributed by atoms with Gasteiger partial charge in [0.25, 0.3) is 0 Å². The summed E-state index contributed by atoms with van der Waals surface area (Å²) in [5, 5.41) is 2.92. The zero-order valence-corrected chi connectivity index (χ0v) is 16.2. The van der Waals surface area contributed by atoms with E-state index < -0.39 is 0 Å². The minimum atomic E-state index is -0.0188. The van der Waals surface area contributed by atoms with Crippen LogP contribution < -0.4 is 5.32 Å². The van der Waals surface area contributed by atoms with Crippen molar-refractivity contribution in [1.29, 1.82) is 0 Å². The first-order chi connectivity index (χ1) is 12.0. The number of likely N-dealkylation sites (tertiary alicyclic amines) is 1. The van der Waals surface area contributed by atoms with Gasteiger partial charge in [-0.25, -0.2) is 0 Å². The highest BCUT2D eigenvalue weighted by molar-refractivity contribution is 9.10. The number of nitrogens with one attached hydrogen (secondary N) is 1. The summed E-state index contributed by atoms with van der Waals surface area (Å²) >= 11 is 3.34. The van der Waals surface area contributed by atoms with Crippen molar-refractivity contribution in [2.45, 2.75) is 39.0 Å². The van der Waals surface area contributed by atoms with E-state index in [1.54, 1.807) is 17.0 Å². The normalized spacial score (nSPS) is 15.0. The van der Waals surface area contributed by atoms with Crippen LogP contribution in [-0.4, -0.2) is 42.1 Å². The molecule has 2 amide bonds. The minimum absolute atomic E-state index is 0.00000236. The van der Waals surface area contributed by atoms with Gasteiger partial charge in [-0.3, -0.25) is 14.4 Å². The monoisotopic (exact) mass is 408 g/mol. The molecule has 0 spiro atoms. The fourth-order valence-corrected chi connectivity index (χ4v) is 3.21. The Labute approximate surface area is 157 Å². The van der Waals surface area contributed by atoms with E-state index in [0.717, 1.165) is 10.9 Å². The van der Waals surface area contributed by atoms with Gasteiger partial charge < -0.3 is 10.2 Å². The molecule has 1 fully saturated rings. The van der Waals surface area contributed by atoms with Crippen LogP contribution in [0.3, 0.4) is 0 Å². The minimum Gasteiger partial charge on any atom is -0.356 e. The van der Waals surface area contributed by atoms with Gasteiger partial charge in [0.05, 0.1) is 0 Å². The molecule has 0 bridgehead atoms. The summed E-state index contributed by atoms with van der Waals surface area (Å²) in [5.74, 6) is 0.0759. The first-order valence-electron chi connectivity index (χ1n) is 8.85. The number of hydrogen-bond donors (Lipinski definition) is 1. The average molecular weight is 409 g/mol. The number of nitrogens with zero attached hydrogens (tertiary/aromatic N) is 1. The largest absolute Gasteiger partial charge is 0.356 e. The van der Waals surface area contributed by atoms with Crippen molar-refractivity contribution in [3.05, 3.63) is 34.3 Å². The van der Waals surface area contributed by atoms with Gasteiger partial charge in [-0.2, -0.15) is 0 Å². The van der Waals surface area contributed by atoms with Crippen LogP contribution in [0, 0.1) is 5.92 Å². The highest BCUT2D eigenvalue weighted by Gasteiger charge is 2.27. The van der Waals surface area contributed by atoms with Crippen molar-refractivity contribution in [1.82, 2.24) is 10.2 Å². The predicted octanol–water partition coefficient (Wildman–Crippen LogP) is 3.18. The number of amides is 2. The number of piperidine rings is 1. The van der Waals surface area contributed by atoms with Gasteiger partial charge in [-0.1, -0.05) is 35.0 Å². The summed E-state index contributed by atoms with van der Waals surface area (Å²) in [6.45, 7) is 3.91. The molecule has 1 heterocycles. The van der Waals surface area contributed by atoms with Crippen LogP contribution >= 0.6 is 15.9 Å². The van der Waals surface area contributed by atoms with Crippen molar-refractivity contribution in [3.8, 4) is 0 Å². The van der Waals surface area contributed by atoms with Crippen LogP contribution in [0.25, 0.3) is 0 Å². The molecule has 0 aliphatic carbocycles. The zero-order chi connectivity index (χ0) is 18.2. The second-order valence-corrected chi connectivity index (χ2v) is 7.29. The number of rotatable bonds is 7. The van der Waals surface area contributed by atoms with Crippen molar-refractivity contribution in [3.63, 3.8) is 0 Å². The third-order valence-electron chi connectivity index (χ3n) is 4.50. The molecule has 1 N–H and O–H groups in total. The van der Waals surface area contributed by atoms with E-state index in [4.69, 9.17) is 0 Å². The van der Waals surface area contributed by atoms with Gasteiger partial charge in [0, 0.05) is 48.4 Å². The van der Waals surface area contributed by atoms with E-state index in [-0.39, 0.29) is 36.4 Å². The molecule has 1 aliphatic heterocycles. The molecule has 25 heavy (non-hydrogen) atoms. The number of halogens is 1. The molecule has 5 nitrogen and oxygen atoms in total. The van der Waals surface area contributed by atoms with Crippen LogP contribution in [0.5, 0.6) is 0 Å². The molecule has 1 aliphatic rings. The Kier molecular flexibility index (Phi) is 7.62. The maximum absolute atomic E-state index is 12.3. The van der Waals surface area contributed by atoms with Crippen LogP contribution in [0.4, 0.5) is 0 Å². The number of ketones is 1. The summed E-state index contributed by atoms with van der Waals surface area (Å²) in [5.41, 5.74) is 0.627. The van der Waals surface area contributed by atoms with Crippen LogP contribution in [0.1, 0.15) is 49.4 Å². The fraction of sp³-hybridized carbons (Fsp3) is 0.526. The average Bonchev–Trinajstić information content (AvgIpc) is 2.64. The lowest BCUT2D eigenvalue weighted by Gasteiger charge is -2.31.